The van der Waals surface area contributed by atoms with Crippen molar-refractivity contribution in [3.8, 4) is 11.3 Å². The molecule has 7 heteroatoms. The van der Waals surface area contributed by atoms with Crippen molar-refractivity contribution in [2.45, 2.75) is 59.4 Å². The van der Waals surface area contributed by atoms with Crippen molar-refractivity contribution in [3.63, 3.8) is 0 Å². The highest BCUT2D eigenvalue weighted by molar-refractivity contribution is 5.90. The van der Waals surface area contributed by atoms with Gasteiger partial charge in [0.25, 0.3) is 0 Å². The molecule has 33 heavy (non-hydrogen) atoms. The summed E-state index contributed by atoms with van der Waals surface area (Å²) in [6.07, 6.45) is 6.10. The number of rotatable bonds is 5. The number of nitrogens with one attached hydrogen (secondary N) is 1. The molecule has 0 atom stereocenters. The lowest BCUT2D eigenvalue weighted by Crippen LogP contribution is -2.43. The van der Waals surface area contributed by atoms with Crippen LogP contribution in [0.5, 0.6) is 0 Å². The Morgan fingerprint density at radius 1 is 1.15 bits per heavy atom. The van der Waals surface area contributed by atoms with Crippen LogP contribution < -0.4 is 4.90 Å². The SMILES string of the molecule is CCN(C)C1CCN(c2ccc3[nH]c(-c4cn5ncnc5c(C)c4C)c(C(C)C)c3n2)CC1. The summed E-state index contributed by atoms with van der Waals surface area (Å²) in [5.74, 6) is 1.43. The average molecular weight is 446 g/mol. The minimum Gasteiger partial charge on any atom is -0.356 e. The largest absolute Gasteiger partial charge is 0.356 e. The number of aromatic nitrogens is 5. The third kappa shape index (κ3) is 3.68. The van der Waals surface area contributed by atoms with Gasteiger partial charge in [0, 0.05) is 36.5 Å². The van der Waals surface area contributed by atoms with E-state index in [1.54, 1.807) is 6.33 Å². The van der Waals surface area contributed by atoms with Crippen LogP contribution in [-0.4, -0.2) is 62.2 Å². The van der Waals surface area contributed by atoms with Crippen molar-refractivity contribution < 1.29 is 0 Å². The van der Waals surface area contributed by atoms with E-state index in [-0.39, 0.29) is 0 Å². The Labute approximate surface area is 195 Å². The summed E-state index contributed by atoms with van der Waals surface area (Å²) in [6, 6.07) is 5.06. The molecule has 0 saturated carbocycles. The van der Waals surface area contributed by atoms with E-state index < -0.39 is 0 Å². The maximum Gasteiger partial charge on any atom is 0.158 e. The van der Waals surface area contributed by atoms with Crippen LogP contribution in [-0.2, 0) is 0 Å². The van der Waals surface area contributed by atoms with Gasteiger partial charge in [-0.1, -0.05) is 20.8 Å². The number of piperidine rings is 1. The van der Waals surface area contributed by atoms with Crippen LogP contribution >= 0.6 is 0 Å². The highest BCUT2D eigenvalue weighted by Crippen LogP contribution is 2.38. The number of aromatic amines is 1. The molecular weight excluding hydrogens is 410 g/mol. The van der Waals surface area contributed by atoms with Gasteiger partial charge in [0.05, 0.1) is 16.7 Å². The van der Waals surface area contributed by atoms with Gasteiger partial charge in [-0.25, -0.2) is 14.5 Å². The van der Waals surface area contributed by atoms with Crippen LogP contribution in [0.3, 0.4) is 0 Å². The van der Waals surface area contributed by atoms with Gasteiger partial charge in [0.2, 0.25) is 0 Å². The minimum absolute atomic E-state index is 0.339. The molecule has 1 N–H and O–H groups in total. The second-order valence-corrected chi connectivity index (χ2v) is 9.75. The van der Waals surface area contributed by atoms with E-state index in [2.05, 4.69) is 84.9 Å². The maximum absolute atomic E-state index is 5.21. The molecule has 5 heterocycles. The molecule has 0 aliphatic carbocycles. The molecule has 4 aromatic rings. The van der Waals surface area contributed by atoms with Gasteiger partial charge < -0.3 is 14.8 Å². The van der Waals surface area contributed by atoms with Gasteiger partial charge >= 0.3 is 0 Å². The molecule has 0 bridgehead atoms. The van der Waals surface area contributed by atoms with Gasteiger partial charge in [-0.15, -0.1) is 0 Å². The smallest absolute Gasteiger partial charge is 0.158 e. The van der Waals surface area contributed by atoms with Gasteiger partial charge in [-0.05, 0) is 69.5 Å². The molecule has 174 valence electrons. The summed E-state index contributed by atoms with van der Waals surface area (Å²) in [7, 11) is 2.24. The van der Waals surface area contributed by atoms with Crippen LogP contribution in [0, 0.1) is 13.8 Å². The lowest BCUT2D eigenvalue weighted by atomic mass is 9.95. The number of aryl methyl sites for hydroxylation is 1. The molecule has 1 aliphatic rings. The fourth-order valence-electron chi connectivity index (χ4n) is 5.27. The highest BCUT2D eigenvalue weighted by Gasteiger charge is 2.25. The monoisotopic (exact) mass is 445 g/mol. The van der Waals surface area contributed by atoms with Crippen molar-refractivity contribution in [1.82, 2.24) is 29.5 Å². The van der Waals surface area contributed by atoms with Crippen LogP contribution in [0.15, 0.2) is 24.7 Å². The predicted octanol–water partition coefficient (Wildman–Crippen LogP) is 4.93. The first kappa shape index (κ1) is 21.9. The molecule has 5 rings (SSSR count). The van der Waals surface area contributed by atoms with E-state index in [1.165, 1.54) is 24.0 Å². The third-order valence-electron chi connectivity index (χ3n) is 7.55. The summed E-state index contributed by atoms with van der Waals surface area (Å²) in [5, 5.41) is 4.40. The van der Waals surface area contributed by atoms with Crippen molar-refractivity contribution >= 4 is 22.5 Å². The number of anilines is 1. The normalized spacial score (nSPS) is 15.6. The summed E-state index contributed by atoms with van der Waals surface area (Å²) < 4.78 is 1.88. The zero-order chi connectivity index (χ0) is 23.3. The molecule has 0 unspecified atom stereocenters. The van der Waals surface area contributed by atoms with Crippen molar-refractivity contribution in [2.24, 2.45) is 0 Å². The first-order chi connectivity index (χ1) is 15.9. The van der Waals surface area contributed by atoms with Crippen LogP contribution in [0.4, 0.5) is 5.82 Å². The summed E-state index contributed by atoms with van der Waals surface area (Å²) in [5.41, 5.74) is 9.06. The molecule has 4 aromatic heterocycles. The Kier molecular flexibility index (Phi) is 5.60. The fourth-order valence-corrected chi connectivity index (χ4v) is 5.27. The number of H-pyrrole nitrogens is 1. The van der Waals surface area contributed by atoms with Crippen LogP contribution in [0.2, 0.25) is 0 Å². The van der Waals surface area contributed by atoms with E-state index in [0.717, 1.165) is 59.0 Å². The molecule has 0 radical (unpaired) electrons. The third-order valence-corrected chi connectivity index (χ3v) is 7.55. The Bertz CT molecular complexity index is 1290. The molecule has 7 nitrogen and oxygen atoms in total. The Morgan fingerprint density at radius 3 is 2.61 bits per heavy atom. The van der Waals surface area contributed by atoms with Crippen molar-refractivity contribution in [3.05, 3.63) is 41.3 Å². The van der Waals surface area contributed by atoms with Gasteiger partial charge in [0.15, 0.2) is 5.65 Å². The van der Waals surface area contributed by atoms with Crippen molar-refractivity contribution in [2.75, 3.05) is 31.6 Å². The van der Waals surface area contributed by atoms with E-state index in [9.17, 15) is 0 Å². The molecule has 0 amide bonds. The van der Waals surface area contributed by atoms with Crippen molar-refractivity contribution in [1.29, 1.82) is 0 Å². The first-order valence-corrected chi connectivity index (χ1v) is 12.2. The quantitative estimate of drug-likeness (QED) is 0.472. The first-order valence-electron chi connectivity index (χ1n) is 12.2. The fraction of sp³-hybridized carbons (Fsp3) is 0.500. The number of hydrogen-bond acceptors (Lipinski definition) is 5. The molecular formula is C26H35N7. The summed E-state index contributed by atoms with van der Waals surface area (Å²) in [4.78, 5) is 18.2. The highest BCUT2D eigenvalue weighted by atomic mass is 15.3. The van der Waals surface area contributed by atoms with Gasteiger partial charge in [-0.2, -0.15) is 5.10 Å². The zero-order valence-electron chi connectivity index (χ0n) is 20.7. The van der Waals surface area contributed by atoms with Gasteiger partial charge in [-0.3, -0.25) is 0 Å². The lowest BCUT2D eigenvalue weighted by Gasteiger charge is -2.37. The maximum atomic E-state index is 5.21. The van der Waals surface area contributed by atoms with E-state index in [0.29, 0.717) is 12.0 Å². The Hall–Kier alpha value is -2.93. The number of fused-ring (bicyclic) bond motifs is 2. The van der Waals surface area contributed by atoms with E-state index in [4.69, 9.17) is 4.98 Å². The van der Waals surface area contributed by atoms with E-state index >= 15 is 0 Å². The van der Waals surface area contributed by atoms with Crippen LogP contribution in [0.25, 0.3) is 27.9 Å². The zero-order valence-corrected chi connectivity index (χ0v) is 20.7. The lowest BCUT2D eigenvalue weighted by molar-refractivity contribution is 0.217. The van der Waals surface area contributed by atoms with Gasteiger partial charge in [0.1, 0.15) is 12.1 Å². The standard InChI is InChI=1S/C26H35N7/c1-7-31(6)19-10-12-32(13-11-19)22-9-8-21-25(30-22)23(16(2)3)24(29-21)20-14-33-26(27-15-28-33)18(5)17(20)4/h8-9,14-16,19,29H,7,10-13H2,1-6H3. The molecule has 0 aromatic carbocycles. The summed E-state index contributed by atoms with van der Waals surface area (Å²) >= 11 is 0. The Balaban J connectivity index is 1.56. The number of hydrogen-bond donors (Lipinski definition) is 1. The molecule has 1 aliphatic heterocycles. The minimum atomic E-state index is 0.339. The molecule has 1 saturated heterocycles. The van der Waals surface area contributed by atoms with E-state index in [1.807, 2.05) is 4.52 Å². The molecule has 0 spiro atoms. The second-order valence-electron chi connectivity index (χ2n) is 9.75. The number of nitrogens with zero attached hydrogens (tertiary/aromatic N) is 6. The topological polar surface area (TPSA) is 65.3 Å². The Morgan fingerprint density at radius 2 is 1.91 bits per heavy atom. The second kappa shape index (κ2) is 8.45. The average Bonchev–Trinajstić information content (AvgIpc) is 3.45. The predicted molar refractivity (Wildman–Crippen MR) is 135 cm³/mol. The molecule has 1 fully saturated rings. The van der Waals surface area contributed by atoms with Crippen LogP contribution in [0.1, 0.15) is 56.2 Å². The number of pyridine rings is 2. The summed E-state index contributed by atoms with van der Waals surface area (Å²) in [6.45, 7) is 14.3.